The van der Waals surface area contributed by atoms with E-state index in [0.29, 0.717) is 6.42 Å². The first-order valence-electron chi connectivity index (χ1n) is 6.52. The van der Waals surface area contributed by atoms with Crippen LogP contribution in [0.25, 0.3) is 10.9 Å². The molecule has 2 aromatic rings. The summed E-state index contributed by atoms with van der Waals surface area (Å²) in [6, 6.07) is 5.99. The minimum Gasteiger partial charge on any atom is -0.399 e. The third-order valence-electron chi connectivity index (χ3n) is 3.71. The van der Waals surface area contributed by atoms with Crippen molar-refractivity contribution in [3.05, 3.63) is 41.4 Å². The largest absolute Gasteiger partial charge is 0.399 e. The number of nitrogens with one attached hydrogen (secondary N) is 1. The van der Waals surface area contributed by atoms with Crippen molar-refractivity contribution in [2.45, 2.75) is 18.8 Å². The van der Waals surface area contributed by atoms with Crippen molar-refractivity contribution < 1.29 is 9.63 Å². The quantitative estimate of drug-likeness (QED) is 0.659. The number of hydrogen-bond donors (Lipinski definition) is 2. The third-order valence-corrected chi connectivity index (χ3v) is 3.71. The molecule has 1 aliphatic rings. The molecule has 1 aromatic carbocycles. The van der Waals surface area contributed by atoms with Crippen LogP contribution in [0.15, 0.2) is 23.4 Å². The number of rotatable bonds is 3. The fraction of sp³-hybridized carbons (Fsp3) is 0.267. The highest BCUT2D eigenvalue weighted by molar-refractivity contribution is 5.94. The molecule has 103 valence electrons. The van der Waals surface area contributed by atoms with Crippen molar-refractivity contribution in [2.24, 2.45) is 10.9 Å². The Hall–Kier alpha value is -2.30. The summed E-state index contributed by atoms with van der Waals surface area (Å²) in [6.07, 6.45) is 5.33. The monoisotopic (exact) mass is 270 g/mol. The highest BCUT2D eigenvalue weighted by Crippen LogP contribution is 2.35. The molecule has 5 nitrogen and oxygen atoms in total. The number of carbonyl (C=O) groups is 1. The Morgan fingerprint density at radius 2 is 2.40 bits per heavy atom. The van der Waals surface area contributed by atoms with Gasteiger partial charge in [0.2, 0.25) is 5.91 Å². The van der Waals surface area contributed by atoms with E-state index in [-0.39, 0.29) is 11.8 Å². The van der Waals surface area contributed by atoms with Crippen molar-refractivity contribution in [3.8, 4) is 0 Å². The van der Waals surface area contributed by atoms with E-state index in [0.717, 1.165) is 34.1 Å². The maximum absolute atomic E-state index is 11.5. The SMILES string of the molecule is CON=Cc1ccc2[nH]c3c(c2c1)C[CH]CC3C(N)=O. The molecular weight excluding hydrogens is 254 g/mol. The Kier molecular flexibility index (Phi) is 3.18. The van der Waals surface area contributed by atoms with E-state index >= 15 is 0 Å². The molecule has 1 amide bonds. The summed E-state index contributed by atoms with van der Waals surface area (Å²) in [5.74, 6) is -0.530. The van der Waals surface area contributed by atoms with Crippen LogP contribution in [-0.4, -0.2) is 24.2 Å². The summed E-state index contributed by atoms with van der Waals surface area (Å²) >= 11 is 0. The van der Waals surface area contributed by atoms with Crippen molar-refractivity contribution in [1.82, 2.24) is 4.98 Å². The number of aromatic amines is 1. The number of fused-ring (bicyclic) bond motifs is 3. The molecular formula is C15H16N3O2. The van der Waals surface area contributed by atoms with Gasteiger partial charge in [-0.05, 0) is 42.5 Å². The number of amides is 1. The summed E-state index contributed by atoms with van der Waals surface area (Å²) < 4.78 is 0. The van der Waals surface area contributed by atoms with Crippen LogP contribution in [0.2, 0.25) is 0 Å². The average Bonchev–Trinajstić information content (AvgIpc) is 2.82. The predicted molar refractivity (Wildman–Crippen MR) is 77.5 cm³/mol. The minimum absolute atomic E-state index is 0.248. The summed E-state index contributed by atoms with van der Waals surface area (Å²) in [6.45, 7) is 0. The summed E-state index contributed by atoms with van der Waals surface area (Å²) in [7, 11) is 1.51. The molecule has 3 N–H and O–H groups in total. The van der Waals surface area contributed by atoms with E-state index in [2.05, 4.69) is 16.6 Å². The van der Waals surface area contributed by atoms with Gasteiger partial charge in [0.05, 0.1) is 12.1 Å². The summed E-state index contributed by atoms with van der Waals surface area (Å²) in [5, 5.41) is 4.88. The van der Waals surface area contributed by atoms with Crippen LogP contribution in [0.1, 0.15) is 29.2 Å². The highest BCUT2D eigenvalue weighted by Gasteiger charge is 2.28. The molecule has 0 bridgehead atoms. The van der Waals surface area contributed by atoms with Gasteiger partial charge >= 0.3 is 0 Å². The fourth-order valence-electron chi connectivity index (χ4n) is 2.77. The average molecular weight is 270 g/mol. The number of oxime groups is 1. The van der Waals surface area contributed by atoms with Crippen LogP contribution in [0.3, 0.4) is 0 Å². The molecule has 1 radical (unpaired) electrons. The minimum atomic E-state index is -0.282. The Balaban J connectivity index is 2.12. The smallest absolute Gasteiger partial charge is 0.226 e. The van der Waals surface area contributed by atoms with Crippen LogP contribution in [-0.2, 0) is 16.1 Å². The molecule has 0 saturated heterocycles. The van der Waals surface area contributed by atoms with Gasteiger partial charge in [-0.2, -0.15) is 0 Å². The molecule has 1 atom stereocenters. The number of H-pyrrole nitrogens is 1. The van der Waals surface area contributed by atoms with Gasteiger partial charge in [0.25, 0.3) is 0 Å². The Bertz CT molecular complexity index is 688. The lowest BCUT2D eigenvalue weighted by atomic mass is 9.86. The van der Waals surface area contributed by atoms with E-state index in [9.17, 15) is 4.79 Å². The number of hydrogen-bond acceptors (Lipinski definition) is 3. The van der Waals surface area contributed by atoms with Crippen molar-refractivity contribution in [2.75, 3.05) is 7.11 Å². The first kappa shape index (κ1) is 12.7. The van der Waals surface area contributed by atoms with Crippen LogP contribution < -0.4 is 5.73 Å². The Labute approximate surface area is 116 Å². The van der Waals surface area contributed by atoms with E-state index < -0.39 is 0 Å². The van der Waals surface area contributed by atoms with Gasteiger partial charge < -0.3 is 15.6 Å². The number of primary amides is 1. The van der Waals surface area contributed by atoms with Crippen molar-refractivity contribution in [1.29, 1.82) is 0 Å². The van der Waals surface area contributed by atoms with Gasteiger partial charge in [0, 0.05) is 16.6 Å². The second-order valence-corrected chi connectivity index (χ2v) is 4.92. The maximum atomic E-state index is 11.5. The normalized spacial score (nSPS) is 18.4. The van der Waals surface area contributed by atoms with Crippen LogP contribution >= 0.6 is 0 Å². The molecule has 1 aliphatic carbocycles. The third kappa shape index (κ3) is 2.05. The van der Waals surface area contributed by atoms with E-state index in [1.165, 1.54) is 7.11 Å². The lowest BCUT2D eigenvalue weighted by molar-refractivity contribution is -0.119. The predicted octanol–water partition coefficient (Wildman–Crippen LogP) is 1.87. The van der Waals surface area contributed by atoms with E-state index in [1.807, 2.05) is 18.2 Å². The summed E-state index contributed by atoms with van der Waals surface area (Å²) in [4.78, 5) is 19.6. The zero-order valence-electron chi connectivity index (χ0n) is 11.2. The molecule has 0 fully saturated rings. The Morgan fingerprint density at radius 3 is 3.15 bits per heavy atom. The van der Waals surface area contributed by atoms with Crippen LogP contribution in [0.5, 0.6) is 0 Å². The van der Waals surface area contributed by atoms with Gasteiger partial charge in [0.15, 0.2) is 0 Å². The number of aromatic nitrogens is 1. The molecule has 1 unspecified atom stereocenters. The summed E-state index contributed by atoms with van der Waals surface area (Å²) in [5.41, 5.74) is 9.57. The zero-order valence-corrected chi connectivity index (χ0v) is 11.2. The lowest BCUT2D eigenvalue weighted by Crippen LogP contribution is -2.25. The van der Waals surface area contributed by atoms with Gasteiger partial charge in [-0.1, -0.05) is 11.2 Å². The number of benzene rings is 1. The van der Waals surface area contributed by atoms with Gasteiger partial charge in [-0.15, -0.1) is 0 Å². The molecule has 5 heteroatoms. The van der Waals surface area contributed by atoms with Crippen molar-refractivity contribution >= 4 is 23.0 Å². The second-order valence-electron chi connectivity index (χ2n) is 4.92. The molecule has 0 saturated carbocycles. The van der Waals surface area contributed by atoms with E-state index in [1.54, 1.807) is 6.21 Å². The number of nitrogens with zero attached hydrogens (tertiary/aromatic N) is 1. The molecule has 0 spiro atoms. The van der Waals surface area contributed by atoms with Crippen LogP contribution in [0, 0.1) is 6.42 Å². The van der Waals surface area contributed by atoms with E-state index in [4.69, 9.17) is 10.6 Å². The van der Waals surface area contributed by atoms with Crippen LogP contribution in [0.4, 0.5) is 0 Å². The number of carbonyl (C=O) groups excluding carboxylic acids is 1. The molecule has 1 heterocycles. The lowest BCUT2D eigenvalue weighted by Gasteiger charge is -2.19. The maximum Gasteiger partial charge on any atom is 0.226 e. The first-order chi connectivity index (χ1) is 9.70. The van der Waals surface area contributed by atoms with Gasteiger partial charge in [0.1, 0.15) is 7.11 Å². The standard InChI is InChI=1S/C15H16N3O2/c1-20-17-8-9-5-6-13-12(7-9)10-3-2-4-11(15(16)19)14(10)18-13/h2,5-8,11,18H,3-4H2,1H3,(H2,16,19). The first-order valence-corrected chi connectivity index (χ1v) is 6.52. The molecule has 0 aliphatic heterocycles. The van der Waals surface area contributed by atoms with Crippen molar-refractivity contribution in [3.63, 3.8) is 0 Å². The topological polar surface area (TPSA) is 80.5 Å². The highest BCUT2D eigenvalue weighted by atomic mass is 16.6. The Morgan fingerprint density at radius 1 is 1.55 bits per heavy atom. The second kappa shape index (κ2) is 5.00. The fourth-order valence-corrected chi connectivity index (χ4v) is 2.77. The zero-order chi connectivity index (χ0) is 14.1. The number of nitrogens with two attached hydrogens (primary N) is 1. The van der Waals surface area contributed by atoms with Gasteiger partial charge in [-0.3, -0.25) is 4.79 Å². The molecule has 20 heavy (non-hydrogen) atoms. The van der Waals surface area contributed by atoms with Gasteiger partial charge in [-0.25, -0.2) is 0 Å². The molecule has 3 rings (SSSR count). The molecule has 1 aromatic heterocycles.